The van der Waals surface area contributed by atoms with E-state index in [2.05, 4.69) is 4.98 Å². The van der Waals surface area contributed by atoms with Crippen LogP contribution in [0.5, 0.6) is 5.75 Å². The number of rotatable bonds is 8. The van der Waals surface area contributed by atoms with Gasteiger partial charge < -0.3 is 9.84 Å². The number of aliphatic hydroxyl groups is 1. The molecule has 0 aliphatic carbocycles. The average molecular weight is 420 g/mol. The van der Waals surface area contributed by atoms with Crippen molar-refractivity contribution < 1.29 is 22.8 Å². The maximum Gasteiger partial charge on any atom is 0.304 e. The molecule has 0 aliphatic rings. The van der Waals surface area contributed by atoms with E-state index in [4.69, 9.17) is 9.29 Å². The van der Waals surface area contributed by atoms with Crippen molar-refractivity contribution in [2.45, 2.75) is 36.2 Å². The third-order valence-corrected chi connectivity index (χ3v) is 6.75. The first-order chi connectivity index (χ1) is 13.3. The quantitative estimate of drug-likeness (QED) is 0.539. The summed E-state index contributed by atoms with van der Waals surface area (Å²) < 4.78 is 37.2. The minimum atomic E-state index is -4.19. The Hall–Kier alpha value is -2.26. The molecule has 1 aromatic carbocycles. The van der Waals surface area contributed by atoms with Crippen LogP contribution in [0.25, 0.3) is 10.4 Å². The van der Waals surface area contributed by atoms with Crippen LogP contribution in [-0.4, -0.2) is 35.3 Å². The van der Waals surface area contributed by atoms with Gasteiger partial charge in [0.15, 0.2) is 0 Å². The summed E-state index contributed by atoms with van der Waals surface area (Å²) in [5, 5.41) is 10.3. The fourth-order valence-electron chi connectivity index (χ4n) is 2.70. The van der Waals surface area contributed by atoms with E-state index in [1.54, 1.807) is 30.6 Å². The molecule has 6 nitrogen and oxygen atoms in total. The highest BCUT2D eigenvalue weighted by atomic mass is 32.3. The third kappa shape index (κ3) is 5.39. The van der Waals surface area contributed by atoms with Crippen molar-refractivity contribution in [3.63, 3.8) is 0 Å². The molecule has 8 heteroatoms. The van der Waals surface area contributed by atoms with Gasteiger partial charge in [-0.05, 0) is 73.4 Å². The Morgan fingerprint density at radius 3 is 2.50 bits per heavy atom. The number of nitrogens with zero attached hydrogens (tertiary/aromatic N) is 1. The second-order valence-corrected chi connectivity index (χ2v) is 9.14. The molecule has 0 saturated carbocycles. The highest BCUT2D eigenvalue weighted by Gasteiger charge is 2.17. The van der Waals surface area contributed by atoms with Gasteiger partial charge in [0.05, 0.1) is 6.10 Å². The summed E-state index contributed by atoms with van der Waals surface area (Å²) in [6, 6.07) is 14.0. The number of thiophene rings is 1. The summed E-state index contributed by atoms with van der Waals surface area (Å²) in [6.07, 6.45) is 3.79. The zero-order chi connectivity index (χ0) is 20.1. The van der Waals surface area contributed by atoms with Gasteiger partial charge in [0.25, 0.3) is 0 Å². The highest BCUT2D eigenvalue weighted by molar-refractivity contribution is 7.88. The molecule has 0 fully saturated rings. The lowest BCUT2D eigenvalue weighted by molar-refractivity contribution is 0.0420. The Kier molecular flexibility index (Phi) is 6.46. The van der Waals surface area contributed by atoms with Gasteiger partial charge in [-0.3, -0.25) is 9.54 Å². The number of ether oxygens (including phenoxy) is 1. The van der Waals surface area contributed by atoms with Crippen LogP contribution in [0.15, 0.2) is 65.1 Å². The second kappa shape index (κ2) is 8.83. The summed E-state index contributed by atoms with van der Waals surface area (Å²) in [4.78, 5) is 4.79. The van der Waals surface area contributed by atoms with Crippen LogP contribution in [0.2, 0.25) is 0 Å². The Bertz CT molecular complexity index is 1000. The number of aryl methyl sites for hydroxylation is 1. The van der Waals surface area contributed by atoms with Crippen LogP contribution in [0.3, 0.4) is 0 Å². The van der Waals surface area contributed by atoms with Crippen molar-refractivity contribution in [2.24, 2.45) is 0 Å². The lowest BCUT2D eigenvalue weighted by Crippen LogP contribution is -2.29. The van der Waals surface area contributed by atoms with Gasteiger partial charge in [-0.15, -0.1) is 11.3 Å². The van der Waals surface area contributed by atoms with Gasteiger partial charge in [-0.1, -0.05) is 6.07 Å². The van der Waals surface area contributed by atoms with Gasteiger partial charge in [-0.25, -0.2) is 0 Å². The summed E-state index contributed by atoms with van der Waals surface area (Å²) in [6.45, 7) is 1.82. The molecular formula is C20H21NO5S2. The van der Waals surface area contributed by atoms with Crippen LogP contribution in [0.4, 0.5) is 0 Å². The van der Waals surface area contributed by atoms with E-state index < -0.39 is 16.2 Å². The first-order valence-corrected chi connectivity index (χ1v) is 11.0. The Labute approximate surface area is 168 Å². The zero-order valence-electron chi connectivity index (χ0n) is 15.2. The Morgan fingerprint density at radius 2 is 1.89 bits per heavy atom. The first kappa shape index (κ1) is 20.5. The molecule has 2 atom stereocenters. The molecule has 0 spiro atoms. The molecule has 0 saturated heterocycles. The minimum absolute atomic E-state index is 0.0896. The van der Waals surface area contributed by atoms with Crippen LogP contribution >= 0.6 is 11.3 Å². The molecule has 0 bridgehead atoms. The smallest absolute Gasteiger partial charge is 0.304 e. The normalized spacial score (nSPS) is 13.8. The summed E-state index contributed by atoms with van der Waals surface area (Å²) in [5.41, 5.74) is 1.88. The first-order valence-electron chi connectivity index (χ1n) is 8.74. The van der Waals surface area contributed by atoms with Crippen LogP contribution in [-0.2, 0) is 16.5 Å². The minimum Gasteiger partial charge on any atom is -0.488 e. The lowest BCUT2D eigenvalue weighted by Gasteiger charge is -2.20. The number of hydrogen-bond donors (Lipinski definition) is 2. The van der Waals surface area contributed by atoms with Gasteiger partial charge >= 0.3 is 10.1 Å². The fraction of sp³-hybridized carbons (Fsp3) is 0.250. The standard InChI is InChI=1S/C20H21NO5S2/c1-14(18(22)9-4-15-3-2-12-21-13-15)26-17-7-5-16(6-8-17)19-10-11-20(27-19)28(23,24)25/h2-3,5-8,10-14,18,22H,4,9H2,1H3,(H,23,24,25). The van der Waals surface area contributed by atoms with Gasteiger partial charge in [-0.2, -0.15) is 8.42 Å². The summed E-state index contributed by atoms with van der Waals surface area (Å²) in [5.74, 6) is 0.614. The SMILES string of the molecule is CC(Oc1ccc(-c2ccc(S(=O)(=O)O)s2)cc1)C(O)CCc1cccnc1. The van der Waals surface area contributed by atoms with Crippen LogP contribution < -0.4 is 4.74 Å². The van der Waals surface area contributed by atoms with Crippen molar-refractivity contribution in [1.29, 1.82) is 0 Å². The fourth-order valence-corrected chi connectivity index (χ4v) is 4.37. The van der Waals surface area contributed by atoms with Crippen LogP contribution in [0.1, 0.15) is 18.9 Å². The van der Waals surface area contributed by atoms with E-state index in [1.807, 2.05) is 31.2 Å². The lowest BCUT2D eigenvalue weighted by atomic mass is 10.1. The van der Waals surface area contributed by atoms with Crippen molar-refractivity contribution >= 4 is 21.5 Å². The largest absolute Gasteiger partial charge is 0.488 e. The maximum atomic E-state index is 11.2. The second-order valence-electron chi connectivity index (χ2n) is 6.41. The Balaban J connectivity index is 1.58. The van der Waals surface area contributed by atoms with Gasteiger partial charge in [0, 0.05) is 17.3 Å². The summed E-state index contributed by atoms with van der Waals surface area (Å²) >= 11 is 0.998. The van der Waals surface area contributed by atoms with E-state index in [0.29, 0.717) is 12.2 Å². The molecular weight excluding hydrogens is 398 g/mol. The molecule has 3 aromatic rings. The molecule has 0 radical (unpaired) electrons. The van der Waals surface area contributed by atoms with E-state index >= 15 is 0 Å². The van der Waals surface area contributed by atoms with Crippen molar-refractivity contribution in [1.82, 2.24) is 4.98 Å². The van der Waals surface area contributed by atoms with Crippen molar-refractivity contribution in [2.75, 3.05) is 0 Å². The molecule has 2 N–H and O–H groups in total. The predicted octanol–water partition coefficient (Wildman–Crippen LogP) is 3.82. The molecule has 2 unspecified atom stereocenters. The van der Waals surface area contributed by atoms with Crippen LogP contribution in [0, 0.1) is 0 Å². The predicted molar refractivity (Wildman–Crippen MR) is 108 cm³/mol. The maximum absolute atomic E-state index is 11.2. The molecule has 148 valence electrons. The van der Waals surface area contributed by atoms with E-state index in [1.165, 1.54) is 6.07 Å². The average Bonchev–Trinajstić information content (AvgIpc) is 3.18. The van der Waals surface area contributed by atoms with Gasteiger partial charge in [0.1, 0.15) is 16.1 Å². The number of aliphatic hydroxyl groups excluding tert-OH is 1. The monoisotopic (exact) mass is 419 g/mol. The summed E-state index contributed by atoms with van der Waals surface area (Å²) in [7, 11) is -4.19. The van der Waals surface area contributed by atoms with Crippen molar-refractivity contribution in [3.05, 3.63) is 66.5 Å². The molecule has 0 amide bonds. The van der Waals surface area contributed by atoms with Crippen molar-refractivity contribution in [3.8, 4) is 16.2 Å². The van der Waals surface area contributed by atoms with Gasteiger partial charge in [0.2, 0.25) is 0 Å². The number of benzene rings is 1. The number of aromatic nitrogens is 1. The zero-order valence-corrected chi connectivity index (χ0v) is 16.9. The number of hydrogen-bond acceptors (Lipinski definition) is 6. The molecule has 2 aromatic heterocycles. The molecule has 28 heavy (non-hydrogen) atoms. The molecule has 0 aliphatic heterocycles. The third-order valence-electron chi connectivity index (χ3n) is 4.29. The van der Waals surface area contributed by atoms with E-state index in [0.717, 1.165) is 33.8 Å². The van der Waals surface area contributed by atoms with E-state index in [-0.39, 0.29) is 10.3 Å². The highest BCUT2D eigenvalue weighted by Crippen LogP contribution is 2.31. The molecule has 2 heterocycles. The number of pyridine rings is 1. The Morgan fingerprint density at radius 1 is 1.14 bits per heavy atom. The topological polar surface area (TPSA) is 96.7 Å². The van der Waals surface area contributed by atoms with E-state index in [9.17, 15) is 13.5 Å². The molecule has 3 rings (SSSR count).